The number of oxazole rings is 1. The van der Waals surface area contributed by atoms with Gasteiger partial charge in [0.1, 0.15) is 6.54 Å². The van der Waals surface area contributed by atoms with Crippen LogP contribution in [-0.4, -0.2) is 21.8 Å². The van der Waals surface area contributed by atoms with Gasteiger partial charge in [-0.25, -0.2) is 9.78 Å². The fourth-order valence-electron chi connectivity index (χ4n) is 4.19. The molecule has 33 heavy (non-hydrogen) atoms. The molecule has 3 aromatic carbocycles. The Morgan fingerprint density at radius 2 is 1.58 bits per heavy atom. The van der Waals surface area contributed by atoms with Gasteiger partial charge in [0.25, 0.3) is 5.91 Å². The van der Waals surface area contributed by atoms with Gasteiger partial charge in [-0.15, -0.1) is 0 Å². The van der Waals surface area contributed by atoms with Crippen LogP contribution in [-0.2, 0) is 16.9 Å². The highest BCUT2D eigenvalue weighted by Crippen LogP contribution is 2.37. The number of aryl methyl sites for hydroxylation is 2. The van der Waals surface area contributed by atoms with Crippen molar-refractivity contribution in [1.82, 2.24) is 15.2 Å². The summed E-state index contributed by atoms with van der Waals surface area (Å²) in [6, 6.07) is 24.2. The third kappa shape index (κ3) is 3.49. The van der Waals surface area contributed by atoms with E-state index in [-0.39, 0.29) is 12.5 Å². The molecule has 1 atom stereocenters. The summed E-state index contributed by atoms with van der Waals surface area (Å²) in [7, 11) is 0. The van der Waals surface area contributed by atoms with Crippen molar-refractivity contribution in [2.75, 3.05) is 0 Å². The van der Waals surface area contributed by atoms with Crippen molar-refractivity contribution >= 4 is 11.9 Å². The van der Waals surface area contributed by atoms with E-state index in [1.54, 1.807) is 6.20 Å². The number of nitrogens with zero attached hydrogens (tertiary/aromatic N) is 2. The van der Waals surface area contributed by atoms with E-state index in [4.69, 9.17) is 4.42 Å². The Bertz CT molecular complexity index is 1330. The van der Waals surface area contributed by atoms with Crippen LogP contribution in [0.25, 0.3) is 11.3 Å². The third-order valence-corrected chi connectivity index (χ3v) is 6.16. The van der Waals surface area contributed by atoms with Gasteiger partial charge in [0.2, 0.25) is 5.89 Å². The van der Waals surface area contributed by atoms with Gasteiger partial charge < -0.3 is 9.73 Å². The Kier molecular flexibility index (Phi) is 5.05. The first-order chi connectivity index (χ1) is 16.0. The Morgan fingerprint density at radius 3 is 2.27 bits per heavy atom. The molecule has 0 spiro atoms. The lowest BCUT2D eigenvalue weighted by molar-refractivity contribution is -0.130. The first kappa shape index (κ1) is 20.7. The van der Waals surface area contributed by atoms with Crippen LogP contribution in [0.2, 0.25) is 0 Å². The molecule has 4 aromatic rings. The maximum absolute atomic E-state index is 13.9. The number of aromatic nitrogens is 1. The molecule has 164 valence electrons. The maximum atomic E-state index is 13.9. The SMILES string of the molecule is Cc1ccc([C@]2(c3ccccc3)NC(=O)N(Cc3ncc(-c4ccccc4)o3)C2=O)cc1C. The summed E-state index contributed by atoms with van der Waals surface area (Å²) in [5.74, 6) is 0.517. The van der Waals surface area contributed by atoms with Crippen molar-refractivity contribution < 1.29 is 14.0 Å². The first-order valence-corrected chi connectivity index (χ1v) is 10.8. The first-order valence-electron chi connectivity index (χ1n) is 10.8. The summed E-state index contributed by atoms with van der Waals surface area (Å²) >= 11 is 0. The quantitative estimate of drug-likeness (QED) is 0.448. The molecule has 2 heterocycles. The number of rotatable bonds is 5. The molecule has 1 N–H and O–H groups in total. The second-order valence-corrected chi connectivity index (χ2v) is 8.22. The minimum absolute atomic E-state index is 0.0586. The molecule has 0 bridgehead atoms. The summed E-state index contributed by atoms with van der Waals surface area (Å²) in [4.78, 5) is 32.5. The minimum atomic E-state index is -1.31. The highest BCUT2D eigenvalue weighted by atomic mass is 16.4. The molecule has 0 saturated carbocycles. The zero-order valence-corrected chi connectivity index (χ0v) is 18.4. The van der Waals surface area contributed by atoms with E-state index in [1.165, 1.54) is 4.90 Å². The Balaban J connectivity index is 1.53. The summed E-state index contributed by atoms with van der Waals surface area (Å²) in [6.07, 6.45) is 1.61. The summed E-state index contributed by atoms with van der Waals surface area (Å²) < 4.78 is 5.86. The monoisotopic (exact) mass is 437 g/mol. The number of nitrogens with one attached hydrogen (secondary N) is 1. The molecular weight excluding hydrogens is 414 g/mol. The lowest BCUT2D eigenvalue weighted by Gasteiger charge is -2.28. The largest absolute Gasteiger partial charge is 0.439 e. The third-order valence-electron chi connectivity index (χ3n) is 6.16. The number of benzene rings is 3. The van der Waals surface area contributed by atoms with E-state index >= 15 is 0 Å². The highest BCUT2D eigenvalue weighted by Gasteiger charge is 2.54. The lowest BCUT2D eigenvalue weighted by Crippen LogP contribution is -2.45. The van der Waals surface area contributed by atoms with Crippen LogP contribution in [0.5, 0.6) is 0 Å². The molecule has 0 aliphatic carbocycles. The van der Waals surface area contributed by atoms with Crippen molar-refractivity contribution in [3.8, 4) is 11.3 Å². The average Bonchev–Trinajstić information content (AvgIpc) is 3.41. The smallest absolute Gasteiger partial charge is 0.326 e. The van der Waals surface area contributed by atoms with Crippen LogP contribution in [0.3, 0.4) is 0 Å². The maximum Gasteiger partial charge on any atom is 0.326 e. The number of carbonyl (C=O) groups is 2. The Morgan fingerprint density at radius 1 is 0.879 bits per heavy atom. The fourth-order valence-corrected chi connectivity index (χ4v) is 4.19. The number of imide groups is 1. The molecular formula is C27H23N3O3. The van der Waals surface area contributed by atoms with Gasteiger partial charge in [0.05, 0.1) is 6.20 Å². The minimum Gasteiger partial charge on any atom is -0.439 e. The van der Waals surface area contributed by atoms with Gasteiger partial charge in [-0.3, -0.25) is 9.69 Å². The van der Waals surface area contributed by atoms with Crippen LogP contribution in [0.4, 0.5) is 4.79 Å². The topological polar surface area (TPSA) is 75.4 Å². The van der Waals surface area contributed by atoms with Crippen LogP contribution < -0.4 is 5.32 Å². The molecule has 1 aliphatic rings. The van der Waals surface area contributed by atoms with Gasteiger partial charge in [0, 0.05) is 5.56 Å². The normalized spacial score (nSPS) is 17.9. The summed E-state index contributed by atoms with van der Waals surface area (Å²) in [5, 5.41) is 2.97. The predicted molar refractivity (Wildman–Crippen MR) is 124 cm³/mol. The predicted octanol–water partition coefficient (Wildman–Crippen LogP) is 4.95. The van der Waals surface area contributed by atoms with Gasteiger partial charge in [-0.05, 0) is 36.1 Å². The number of amides is 3. The van der Waals surface area contributed by atoms with Crippen LogP contribution in [0, 0.1) is 13.8 Å². The van der Waals surface area contributed by atoms with E-state index < -0.39 is 11.6 Å². The fraction of sp³-hybridized carbons (Fsp3) is 0.148. The van der Waals surface area contributed by atoms with Gasteiger partial charge in [-0.2, -0.15) is 0 Å². The molecule has 0 radical (unpaired) electrons. The van der Waals surface area contributed by atoms with Crippen molar-refractivity contribution in [3.63, 3.8) is 0 Å². The lowest BCUT2D eigenvalue weighted by atomic mass is 9.81. The molecule has 0 unspecified atom stereocenters. The zero-order valence-electron chi connectivity index (χ0n) is 18.4. The van der Waals surface area contributed by atoms with Crippen molar-refractivity contribution in [2.24, 2.45) is 0 Å². The summed E-state index contributed by atoms with van der Waals surface area (Å²) in [5.41, 5.74) is 3.14. The number of hydrogen-bond donors (Lipinski definition) is 1. The van der Waals surface area contributed by atoms with Crippen LogP contribution >= 0.6 is 0 Å². The molecule has 6 nitrogen and oxygen atoms in total. The van der Waals surface area contributed by atoms with Gasteiger partial charge in [-0.1, -0.05) is 78.9 Å². The number of hydrogen-bond acceptors (Lipinski definition) is 4. The van der Waals surface area contributed by atoms with Crippen molar-refractivity contribution in [2.45, 2.75) is 25.9 Å². The molecule has 5 rings (SSSR count). The van der Waals surface area contributed by atoms with E-state index in [9.17, 15) is 9.59 Å². The van der Waals surface area contributed by atoms with Crippen LogP contribution in [0.15, 0.2) is 89.5 Å². The zero-order chi connectivity index (χ0) is 23.0. The van der Waals surface area contributed by atoms with Crippen molar-refractivity contribution in [1.29, 1.82) is 0 Å². The Hall–Kier alpha value is -4.19. The second-order valence-electron chi connectivity index (χ2n) is 8.22. The summed E-state index contributed by atoms with van der Waals surface area (Å²) in [6.45, 7) is 3.95. The van der Waals surface area contributed by atoms with E-state index in [0.29, 0.717) is 17.2 Å². The second kappa shape index (κ2) is 8.06. The average molecular weight is 437 g/mol. The molecule has 6 heteroatoms. The molecule has 3 amide bonds. The molecule has 1 saturated heterocycles. The highest BCUT2D eigenvalue weighted by molar-refractivity contribution is 6.09. The molecule has 1 aliphatic heterocycles. The molecule has 1 aromatic heterocycles. The van der Waals surface area contributed by atoms with E-state index in [2.05, 4.69) is 10.3 Å². The number of carbonyl (C=O) groups excluding carboxylic acids is 2. The van der Waals surface area contributed by atoms with Crippen LogP contribution in [0.1, 0.15) is 28.1 Å². The Labute approximate surface area is 191 Å². The number of urea groups is 1. The van der Waals surface area contributed by atoms with Crippen molar-refractivity contribution in [3.05, 3.63) is 113 Å². The standard InChI is InChI=1S/C27H23N3O3/c1-18-13-14-22(15-19(18)2)27(21-11-7-4-8-12-21)25(31)30(26(32)29-27)17-24-28-16-23(33-24)20-9-5-3-6-10-20/h3-16H,17H2,1-2H3,(H,29,32)/t27-/m0/s1. The molecule has 1 fully saturated rings. The van der Waals surface area contributed by atoms with E-state index in [1.807, 2.05) is 92.7 Å². The van der Waals surface area contributed by atoms with E-state index in [0.717, 1.165) is 22.3 Å². The van der Waals surface area contributed by atoms with Gasteiger partial charge >= 0.3 is 6.03 Å². The van der Waals surface area contributed by atoms with Gasteiger partial charge in [0.15, 0.2) is 11.3 Å².